The highest BCUT2D eigenvalue weighted by Crippen LogP contribution is 1.91. The summed E-state index contributed by atoms with van der Waals surface area (Å²) < 4.78 is 0. The van der Waals surface area contributed by atoms with Crippen LogP contribution < -0.4 is 27.0 Å². The molecule has 0 heterocycles. The van der Waals surface area contributed by atoms with E-state index in [0.29, 0.717) is 13.0 Å². The van der Waals surface area contributed by atoms with E-state index >= 15 is 0 Å². The van der Waals surface area contributed by atoms with Gasteiger partial charge in [0.25, 0.3) is 0 Å². The summed E-state index contributed by atoms with van der Waals surface area (Å²) in [5, 5.41) is 12.3. The van der Waals surface area contributed by atoms with Crippen molar-refractivity contribution in [3.63, 3.8) is 0 Å². The van der Waals surface area contributed by atoms with Crippen LogP contribution in [0.5, 0.6) is 0 Å². The van der Waals surface area contributed by atoms with Crippen LogP contribution in [0.2, 0.25) is 0 Å². The van der Waals surface area contributed by atoms with Crippen LogP contribution in [0.1, 0.15) is 52.4 Å². The quantitative estimate of drug-likeness (QED) is 0.256. The Balaban J connectivity index is 3.37. The molecule has 0 aromatic heterocycles. The van der Waals surface area contributed by atoms with E-state index in [1.165, 1.54) is 0 Å². The highest BCUT2D eigenvalue weighted by atomic mass is 16.2. The summed E-state index contributed by atoms with van der Waals surface area (Å²) in [7, 11) is 0. The van der Waals surface area contributed by atoms with Crippen molar-refractivity contribution in [3.05, 3.63) is 0 Å². The first-order valence-corrected chi connectivity index (χ1v) is 9.30. The second-order valence-electron chi connectivity index (χ2n) is 6.03. The van der Waals surface area contributed by atoms with Crippen molar-refractivity contribution >= 4 is 11.8 Å². The minimum Gasteiger partial charge on any atom is -0.354 e. The van der Waals surface area contributed by atoms with Crippen molar-refractivity contribution < 1.29 is 9.59 Å². The maximum Gasteiger partial charge on any atom is 0.242 e. The Morgan fingerprint density at radius 1 is 0.917 bits per heavy atom. The van der Waals surface area contributed by atoms with Gasteiger partial charge in [0.05, 0.1) is 0 Å². The number of hydrogen-bond donors (Lipinski definition) is 5. The average molecular weight is 344 g/mol. The van der Waals surface area contributed by atoms with Crippen LogP contribution in [0.15, 0.2) is 0 Å². The summed E-state index contributed by atoms with van der Waals surface area (Å²) in [6.07, 6.45) is 5.35. The molecule has 0 saturated carbocycles. The standard InChI is InChI=1S/C17H37N5O2/c1-3-8-16(23)22-15(2)17(24)21-14-5-4-10-19-12-7-13-20-11-6-9-18/h15,19-20H,3-14,18H2,1-2H3,(H,21,24)(H,22,23). The fourth-order valence-corrected chi connectivity index (χ4v) is 2.16. The van der Waals surface area contributed by atoms with E-state index in [9.17, 15) is 9.59 Å². The Bertz CT molecular complexity index is 326. The second kappa shape index (κ2) is 16.7. The molecule has 1 atom stereocenters. The minimum atomic E-state index is -0.464. The Kier molecular flexibility index (Phi) is 15.9. The molecular weight excluding hydrogens is 306 g/mol. The lowest BCUT2D eigenvalue weighted by Gasteiger charge is -2.14. The molecule has 0 aliphatic rings. The lowest BCUT2D eigenvalue weighted by Crippen LogP contribution is -2.45. The van der Waals surface area contributed by atoms with Gasteiger partial charge in [-0.2, -0.15) is 0 Å². The SMILES string of the molecule is CCCC(=O)NC(C)C(=O)NCCCCNCCCNCCCN. The topological polar surface area (TPSA) is 108 Å². The van der Waals surface area contributed by atoms with E-state index in [2.05, 4.69) is 21.3 Å². The molecule has 6 N–H and O–H groups in total. The lowest BCUT2D eigenvalue weighted by molar-refractivity contribution is -0.128. The molecule has 0 saturated heterocycles. The zero-order valence-corrected chi connectivity index (χ0v) is 15.5. The molecule has 142 valence electrons. The van der Waals surface area contributed by atoms with Crippen LogP contribution >= 0.6 is 0 Å². The molecule has 0 aliphatic carbocycles. The number of amides is 2. The largest absolute Gasteiger partial charge is 0.354 e. The molecule has 0 radical (unpaired) electrons. The smallest absolute Gasteiger partial charge is 0.242 e. The molecule has 0 spiro atoms. The number of nitrogens with one attached hydrogen (secondary N) is 4. The molecule has 7 nitrogen and oxygen atoms in total. The van der Waals surface area contributed by atoms with Gasteiger partial charge in [-0.25, -0.2) is 0 Å². The van der Waals surface area contributed by atoms with E-state index in [-0.39, 0.29) is 11.8 Å². The summed E-state index contributed by atoms with van der Waals surface area (Å²) in [6.45, 7) is 9.02. The Labute approximate surface area is 146 Å². The molecule has 0 aliphatic heterocycles. The van der Waals surface area contributed by atoms with Crippen molar-refractivity contribution in [1.29, 1.82) is 0 Å². The van der Waals surface area contributed by atoms with Crippen LogP contribution in [0.3, 0.4) is 0 Å². The molecule has 7 heteroatoms. The Morgan fingerprint density at radius 2 is 1.50 bits per heavy atom. The number of hydrogen-bond acceptors (Lipinski definition) is 5. The Morgan fingerprint density at radius 3 is 2.12 bits per heavy atom. The van der Waals surface area contributed by atoms with Crippen molar-refractivity contribution in [2.75, 3.05) is 39.3 Å². The highest BCUT2D eigenvalue weighted by molar-refractivity contribution is 5.87. The normalized spacial score (nSPS) is 12.0. The van der Waals surface area contributed by atoms with Crippen molar-refractivity contribution in [2.24, 2.45) is 5.73 Å². The highest BCUT2D eigenvalue weighted by Gasteiger charge is 2.13. The molecule has 2 amide bonds. The van der Waals surface area contributed by atoms with E-state index in [4.69, 9.17) is 5.73 Å². The van der Waals surface area contributed by atoms with Crippen LogP contribution in [0.25, 0.3) is 0 Å². The average Bonchev–Trinajstić information content (AvgIpc) is 2.55. The van der Waals surface area contributed by atoms with Gasteiger partial charge in [-0.3, -0.25) is 9.59 Å². The first-order valence-electron chi connectivity index (χ1n) is 9.30. The van der Waals surface area contributed by atoms with E-state index < -0.39 is 6.04 Å². The molecular formula is C17H37N5O2. The minimum absolute atomic E-state index is 0.0677. The molecule has 0 fully saturated rings. The fraction of sp³-hybridized carbons (Fsp3) is 0.882. The third-order valence-electron chi connectivity index (χ3n) is 3.59. The summed E-state index contributed by atoms with van der Waals surface area (Å²) >= 11 is 0. The maximum absolute atomic E-state index is 11.8. The predicted octanol–water partition coefficient (Wildman–Crippen LogP) is 0.106. The van der Waals surface area contributed by atoms with Gasteiger partial charge in [-0.1, -0.05) is 6.92 Å². The van der Waals surface area contributed by atoms with Gasteiger partial charge in [-0.15, -0.1) is 0 Å². The van der Waals surface area contributed by atoms with Gasteiger partial charge in [0, 0.05) is 13.0 Å². The number of carbonyl (C=O) groups is 2. The first kappa shape index (κ1) is 22.8. The van der Waals surface area contributed by atoms with Gasteiger partial charge < -0.3 is 27.0 Å². The van der Waals surface area contributed by atoms with Crippen molar-refractivity contribution in [3.8, 4) is 0 Å². The summed E-state index contributed by atoms with van der Waals surface area (Å²) in [6, 6.07) is -0.464. The fourth-order valence-electron chi connectivity index (χ4n) is 2.16. The summed E-state index contributed by atoms with van der Waals surface area (Å²) in [4.78, 5) is 23.2. The predicted molar refractivity (Wildman–Crippen MR) is 98.8 cm³/mol. The molecule has 0 aromatic rings. The van der Waals surface area contributed by atoms with Gasteiger partial charge >= 0.3 is 0 Å². The van der Waals surface area contributed by atoms with Crippen LogP contribution in [-0.4, -0.2) is 57.1 Å². The molecule has 0 rings (SSSR count). The monoisotopic (exact) mass is 343 g/mol. The molecule has 24 heavy (non-hydrogen) atoms. The van der Waals surface area contributed by atoms with Gasteiger partial charge in [0.1, 0.15) is 6.04 Å². The Hall–Kier alpha value is -1.18. The molecule has 0 aromatic carbocycles. The lowest BCUT2D eigenvalue weighted by atomic mass is 10.2. The molecule has 1 unspecified atom stereocenters. The maximum atomic E-state index is 11.8. The van der Waals surface area contributed by atoms with Gasteiger partial charge in [0.2, 0.25) is 11.8 Å². The number of unbranched alkanes of at least 4 members (excludes halogenated alkanes) is 1. The second-order valence-corrected chi connectivity index (χ2v) is 6.03. The van der Waals surface area contributed by atoms with Gasteiger partial charge in [-0.05, 0) is 71.8 Å². The van der Waals surface area contributed by atoms with Crippen molar-refractivity contribution in [2.45, 2.75) is 58.4 Å². The third kappa shape index (κ3) is 14.4. The van der Waals surface area contributed by atoms with Crippen LogP contribution in [0.4, 0.5) is 0 Å². The van der Waals surface area contributed by atoms with Crippen molar-refractivity contribution in [1.82, 2.24) is 21.3 Å². The first-order chi connectivity index (χ1) is 11.6. The number of rotatable bonds is 16. The van der Waals surface area contributed by atoms with Crippen LogP contribution in [-0.2, 0) is 9.59 Å². The van der Waals surface area contributed by atoms with E-state index in [0.717, 1.165) is 64.8 Å². The number of carbonyl (C=O) groups excluding carboxylic acids is 2. The van der Waals surface area contributed by atoms with E-state index in [1.807, 2.05) is 6.92 Å². The van der Waals surface area contributed by atoms with Gasteiger partial charge in [0.15, 0.2) is 0 Å². The van der Waals surface area contributed by atoms with E-state index in [1.54, 1.807) is 6.92 Å². The third-order valence-corrected chi connectivity index (χ3v) is 3.59. The summed E-state index contributed by atoms with van der Waals surface area (Å²) in [5.41, 5.74) is 5.42. The summed E-state index contributed by atoms with van der Waals surface area (Å²) in [5.74, 6) is -0.183. The molecule has 0 bridgehead atoms. The zero-order chi connectivity index (χ0) is 18.0. The zero-order valence-electron chi connectivity index (χ0n) is 15.5. The van der Waals surface area contributed by atoms with Crippen LogP contribution in [0, 0.1) is 0 Å². The number of nitrogens with two attached hydrogens (primary N) is 1.